The minimum absolute atomic E-state index is 0.346. The summed E-state index contributed by atoms with van der Waals surface area (Å²) in [5.74, 6) is 0. The van der Waals surface area contributed by atoms with Crippen LogP contribution in [-0.2, 0) is 15.1 Å². The molecule has 1 aromatic heterocycles. The minimum atomic E-state index is -0.346. The largest absolute Gasteiger partial charge is 0.265 e. The normalized spacial score (nSPS) is 7.78. The van der Waals surface area contributed by atoms with E-state index in [2.05, 4.69) is 4.98 Å². The van der Waals surface area contributed by atoms with Gasteiger partial charge in [0.1, 0.15) is 0 Å². The number of hydrogen-bond acceptors (Lipinski definition) is 1. The van der Waals surface area contributed by atoms with Gasteiger partial charge in [0.15, 0.2) is 0 Å². The third-order valence-electron chi connectivity index (χ3n) is 0.566. The summed E-state index contributed by atoms with van der Waals surface area (Å²) in [5.41, 5.74) is 0. The average Bonchev–Trinajstić information content (AvgIpc) is 1.93. The van der Waals surface area contributed by atoms with E-state index in [1.54, 1.807) is 12.4 Å². The Morgan fingerprint density at radius 1 is 1.00 bits per heavy atom. The molecule has 0 spiro atoms. The molecule has 0 bridgehead atoms. The van der Waals surface area contributed by atoms with Gasteiger partial charge in [-0.15, -0.1) is 0 Å². The van der Waals surface area contributed by atoms with E-state index >= 15 is 0 Å². The number of hydrogen-bond donors (Lipinski definition) is 0. The van der Waals surface area contributed by atoms with Gasteiger partial charge in [-0.05, 0) is 12.1 Å². The second kappa shape index (κ2) is 8.35. The summed E-state index contributed by atoms with van der Waals surface area (Å²) in [6, 6.07) is 5.72. The minimum Gasteiger partial charge on any atom is -0.265 e. The number of pyridine rings is 1. The Kier molecular flexibility index (Phi) is 8.68. The van der Waals surface area contributed by atoms with Crippen molar-refractivity contribution in [1.82, 2.24) is 4.98 Å². The summed E-state index contributed by atoms with van der Waals surface area (Å²) in [7, 11) is 9.71. The predicted octanol–water partition coefficient (Wildman–Crippen LogP) is 2.46. The van der Waals surface area contributed by atoms with E-state index in [9.17, 15) is 0 Å². The fourth-order valence-electron chi connectivity index (χ4n) is 0.313. The average molecular weight is 251 g/mol. The van der Waals surface area contributed by atoms with Crippen molar-refractivity contribution in [3.63, 3.8) is 0 Å². The maximum atomic E-state index is 4.85. The van der Waals surface area contributed by atoms with Gasteiger partial charge in [0.25, 0.3) is 0 Å². The Hall–Kier alpha value is 0.353. The van der Waals surface area contributed by atoms with Crippen LogP contribution in [0.5, 0.6) is 0 Å². The molecule has 1 rings (SSSR count). The molecule has 0 fully saturated rings. The summed E-state index contributed by atoms with van der Waals surface area (Å²) >= 11 is -0.346. The van der Waals surface area contributed by atoms with Crippen molar-refractivity contribution < 1.29 is 15.1 Å². The second-order valence-corrected chi connectivity index (χ2v) is 3.71. The van der Waals surface area contributed by atoms with Gasteiger partial charge in [-0.3, -0.25) is 4.98 Å². The van der Waals surface area contributed by atoms with Gasteiger partial charge in [0.2, 0.25) is 0 Å². The van der Waals surface area contributed by atoms with Crippen LogP contribution in [0.4, 0.5) is 0 Å². The van der Waals surface area contributed by atoms with Crippen LogP contribution in [0.1, 0.15) is 0 Å². The van der Waals surface area contributed by atoms with Gasteiger partial charge >= 0.3 is 34.5 Å². The fraction of sp³-hybridized carbons (Fsp3) is 0. The van der Waals surface area contributed by atoms with Crippen LogP contribution in [0.15, 0.2) is 30.6 Å². The van der Waals surface area contributed by atoms with E-state index in [1.165, 1.54) is 0 Å². The summed E-state index contributed by atoms with van der Waals surface area (Å²) in [6.07, 6.45) is 3.50. The molecule has 0 aliphatic rings. The molecule has 1 aromatic rings. The molecule has 0 aromatic carbocycles. The monoisotopic (exact) mass is 251 g/mol. The molecule has 0 aliphatic carbocycles. The van der Waals surface area contributed by atoms with E-state index in [4.69, 9.17) is 19.4 Å². The van der Waals surface area contributed by atoms with Crippen molar-refractivity contribution in [2.75, 3.05) is 0 Å². The first kappa shape index (κ1) is 9.35. The molecule has 1 heterocycles. The van der Waals surface area contributed by atoms with Gasteiger partial charge < -0.3 is 0 Å². The van der Waals surface area contributed by atoms with Crippen LogP contribution in [0, 0.1) is 0 Å². The van der Waals surface area contributed by atoms with Crippen LogP contribution in [0.3, 0.4) is 0 Å². The quantitative estimate of drug-likeness (QED) is 0.645. The standard InChI is InChI=1S/C5H5N.2ClH.Ru/c1-2-4-6-5-3-1;;;/h1-5H;2*1H;/q;;;+2/p-2. The van der Waals surface area contributed by atoms with Crippen LogP contribution in [0.2, 0.25) is 0 Å². The Morgan fingerprint density at radius 2 is 1.44 bits per heavy atom. The molecule has 9 heavy (non-hydrogen) atoms. The first-order valence-corrected chi connectivity index (χ1v) is 6.59. The summed E-state index contributed by atoms with van der Waals surface area (Å²) < 4.78 is 0. The van der Waals surface area contributed by atoms with Crippen molar-refractivity contribution in [2.24, 2.45) is 0 Å². The van der Waals surface area contributed by atoms with E-state index in [-0.39, 0.29) is 15.1 Å². The molecule has 0 unspecified atom stereocenters. The molecule has 4 heteroatoms. The number of rotatable bonds is 0. The van der Waals surface area contributed by atoms with Gasteiger partial charge in [0.05, 0.1) is 0 Å². The fourth-order valence-corrected chi connectivity index (χ4v) is 0.313. The third-order valence-corrected chi connectivity index (χ3v) is 0.566. The number of nitrogens with zero attached hydrogens (tertiary/aromatic N) is 1. The zero-order valence-electron chi connectivity index (χ0n) is 4.44. The van der Waals surface area contributed by atoms with E-state index in [0.717, 1.165) is 0 Å². The van der Waals surface area contributed by atoms with Crippen molar-refractivity contribution in [3.05, 3.63) is 30.6 Å². The first-order valence-electron chi connectivity index (χ1n) is 2.12. The molecule has 0 amide bonds. The summed E-state index contributed by atoms with van der Waals surface area (Å²) in [6.45, 7) is 0. The molecule has 0 aliphatic heterocycles. The van der Waals surface area contributed by atoms with E-state index < -0.39 is 0 Å². The third kappa shape index (κ3) is 8.35. The molecular weight excluding hydrogens is 246 g/mol. The van der Waals surface area contributed by atoms with Gasteiger partial charge in [0, 0.05) is 12.4 Å². The SMILES string of the molecule is [Cl][Ru][Cl].c1ccncc1. The molecule has 0 saturated heterocycles. The molecule has 1 nitrogen and oxygen atoms in total. The first-order chi connectivity index (χ1) is 4.41. The zero-order valence-corrected chi connectivity index (χ0v) is 7.69. The molecular formula is C5H5Cl2NRu. The predicted molar refractivity (Wildman–Crippen MR) is 35.9 cm³/mol. The van der Waals surface area contributed by atoms with Crippen molar-refractivity contribution in [3.8, 4) is 0 Å². The summed E-state index contributed by atoms with van der Waals surface area (Å²) in [4.78, 5) is 3.78. The van der Waals surface area contributed by atoms with Crippen LogP contribution in [-0.4, -0.2) is 4.98 Å². The van der Waals surface area contributed by atoms with Crippen LogP contribution in [0.25, 0.3) is 0 Å². The zero-order chi connectivity index (χ0) is 6.95. The Balaban J connectivity index is 0.000000187. The van der Waals surface area contributed by atoms with Gasteiger partial charge in [-0.25, -0.2) is 0 Å². The molecule has 0 atom stereocenters. The van der Waals surface area contributed by atoms with Crippen molar-refractivity contribution >= 4 is 19.4 Å². The smallest absolute Gasteiger partial charge is 0.0267 e. The topological polar surface area (TPSA) is 12.9 Å². The Morgan fingerprint density at radius 3 is 1.56 bits per heavy atom. The molecule has 0 N–H and O–H groups in total. The van der Waals surface area contributed by atoms with Gasteiger partial charge in [-0.1, -0.05) is 6.07 Å². The Bertz CT molecular complexity index is 97.8. The van der Waals surface area contributed by atoms with Crippen LogP contribution < -0.4 is 0 Å². The van der Waals surface area contributed by atoms with E-state index in [0.29, 0.717) is 0 Å². The van der Waals surface area contributed by atoms with Gasteiger partial charge in [-0.2, -0.15) is 0 Å². The summed E-state index contributed by atoms with van der Waals surface area (Å²) in [5, 5.41) is 0. The maximum Gasteiger partial charge on any atom is 0.0267 e. The Labute approximate surface area is 70.1 Å². The van der Waals surface area contributed by atoms with E-state index in [1.807, 2.05) is 18.2 Å². The maximum absolute atomic E-state index is 4.85. The second-order valence-electron chi connectivity index (χ2n) is 1.08. The van der Waals surface area contributed by atoms with Crippen LogP contribution >= 0.6 is 19.4 Å². The molecule has 0 saturated carbocycles. The number of aromatic nitrogens is 1. The molecule has 52 valence electrons. The number of halogens is 2. The van der Waals surface area contributed by atoms with Crippen molar-refractivity contribution in [1.29, 1.82) is 0 Å². The van der Waals surface area contributed by atoms with Crippen molar-refractivity contribution in [2.45, 2.75) is 0 Å². The molecule has 0 radical (unpaired) electrons.